The average Bonchev–Trinajstić information content (AvgIpc) is 2.40. The van der Waals surface area contributed by atoms with Crippen molar-refractivity contribution in [2.45, 2.75) is 59.1 Å². The standard InChI is InChI=1S/C16H28N2O5/c1-15(2,3)23-14(21)18-11-9-10(16(11,4)5)13(20)17-8-7-12(19)22-6/h10-11H,7-9H2,1-6H3,(H,17,20)(H,18,21). The highest BCUT2D eigenvalue weighted by atomic mass is 16.6. The minimum atomic E-state index is -0.553. The molecule has 1 aliphatic carbocycles. The van der Waals surface area contributed by atoms with Crippen LogP contribution in [0.25, 0.3) is 0 Å². The van der Waals surface area contributed by atoms with Gasteiger partial charge in [-0.1, -0.05) is 13.8 Å². The number of ether oxygens (including phenoxy) is 2. The fourth-order valence-electron chi connectivity index (χ4n) is 2.58. The molecule has 1 aliphatic rings. The average molecular weight is 328 g/mol. The molecule has 2 N–H and O–H groups in total. The van der Waals surface area contributed by atoms with Crippen LogP contribution >= 0.6 is 0 Å². The molecule has 2 unspecified atom stereocenters. The van der Waals surface area contributed by atoms with Crippen LogP contribution in [0.3, 0.4) is 0 Å². The monoisotopic (exact) mass is 328 g/mol. The maximum Gasteiger partial charge on any atom is 0.407 e. The van der Waals surface area contributed by atoms with Gasteiger partial charge in [-0.05, 0) is 32.6 Å². The molecule has 7 heteroatoms. The van der Waals surface area contributed by atoms with Crippen molar-refractivity contribution < 1.29 is 23.9 Å². The molecule has 7 nitrogen and oxygen atoms in total. The lowest BCUT2D eigenvalue weighted by Crippen LogP contribution is -2.62. The van der Waals surface area contributed by atoms with Crippen LogP contribution in [0.4, 0.5) is 4.79 Å². The second-order valence-corrected chi connectivity index (χ2v) is 7.43. The Morgan fingerprint density at radius 1 is 1.22 bits per heavy atom. The molecule has 1 saturated carbocycles. The summed E-state index contributed by atoms with van der Waals surface area (Å²) in [6.45, 7) is 9.52. The molecule has 0 aliphatic heterocycles. The Morgan fingerprint density at radius 2 is 1.83 bits per heavy atom. The molecule has 1 fully saturated rings. The van der Waals surface area contributed by atoms with Gasteiger partial charge in [0.1, 0.15) is 5.60 Å². The zero-order valence-electron chi connectivity index (χ0n) is 14.8. The molecule has 132 valence electrons. The Hall–Kier alpha value is -1.79. The maximum absolute atomic E-state index is 12.2. The molecular formula is C16H28N2O5. The van der Waals surface area contributed by atoms with Crippen molar-refractivity contribution in [3.8, 4) is 0 Å². The second kappa shape index (κ2) is 7.19. The van der Waals surface area contributed by atoms with E-state index in [4.69, 9.17) is 4.74 Å². The number of methoxy groups -OCH3 is 1. The molecule has 0 bridgehead atoms. The highest BCUT2D eigenvalue weighted by molar-refractivity contribution is 5.82. The van der Waals surface area contributed by atoms with Gasteiger partial charge in [-0.3, -0.25) is 9.59 Å². The van der Waals surface area contributed by atoms with Crippen molar-refractivity contribution in [1.82, 2.24) is 10.6 Å². The van der Waals surface area contributed by atoms with E-state index in [1.807, 2.05) is 13.8 Å². The first kappa shape index (κ1) is 19.3. The zero-order chi connectivity index (χ0) is 17.8. The number of esters is 1. The Morgan fingerprint density at radius 3 is 2.30 bits per heavy atom. The van der Waals surface area contributed by atoms with E-state index in [-0.39, 0.29) is 42.2 Å². The van der Waals surface area contributed by atoms with Crippen LogP contribution in [0.5, 0.6) is 0 Å². The lowest BCUT2D eigenvalue weighted by atomic mass is 9.58. The van der Waals surface area contributed by atoms with Crippen molar-refractivity contribution in [1.29, 1.82) is 0 Å². The van der Waals surface area contributed by atoms with Crippen LogP contribution in [0, 0.1) is 11.3 Å². The summed E-state index contributed by atoms with van der Waals surface area (Å²) in [6, 6.07) is -0.117. The maximum atomic E-state index is 12.2. The molecule has 0 aromatic carbocycles. The van der Waals surface area contributed by atoms with E-state index in [0.29, 0.717) is 6.42 Å². The molecule has 0 saturated heterocycles. The third kappa shape index (κ3) is 5.41. The van der Waals surface area contributed by atoms with Crippen molar-refractivity contribution in [3.63, 3.8) is 0 Å². The summed E-state index contributed by atoms with van der Waals surface area (Å²) < 4.78 is 9.76. The number of alkyl carbamates (subject to hydrolysis) is 1. The summed E-state index contributed by atoms with van der Waals surface area (Å²) in [4.78, 5) is 35.0. The molecular weight excluding hydrogens is 300 g/mol. The first-order valence-electron chi connectivity index (χ1n) is 7.81. The van der Waals surface area contributed by atoms with Crippen molar-refractivity contribution >= 4 is 18.0 Å². The molecule has 1 rings (SSSR count). The first-order chi connectivity index (χ1) is 10.5. The van der Waals surface area contributed by atoms with E-state index in [9.17, 15) is 14.4 Å². The van der Waals surface area contributed by atoms with Gasteiger partial charge >= 0.3 is 12.1 Å². The van der Waals surface area contributed by atoms with Gasteiger partial charge in [0.05, 0.1) is 13.5 Å². The van der Waals surface area contributed by atoms with Gasteiger partial charge in [0.15, 0.2) is 0 Å². The number of amides is 2. The number of carbonyl (C=O) groups is 3. The second-order valence-electron chi connectivity index (χ2n) is 7.43. The minimum absolute atomic E-state index is 0.110. The summed E-state index contributed by atoms with van der Waals surface area (Å²) in [5.74, 6) is -0.677. The van der Waals surface area contributed by atoms with Gasteiger partial charge in [-0.25, -0.2) is 4.79 Å². The van der Waals surface area contributed by atoms with Gasteiger partial charge in [0.2, 0.25) is 5.91 Å². The summed E-state index contributed by atoms with van der Waals surface area (Å²) >= 11 is 0. The van der Waals surface area contributed by atoms with E-state index in [0.717, 1.165) is 0 Å². The van der Waals surface area contributed by atoms with Gasteiger partial charge in [-0.2, -0.15) is 0 Å². The third-order valence-corrected chi connectivity index (χ3v) is 4.13. The highest BCUT2D eigenvalue weighted by Crippen LogP contribution is 2.46. The summed E-state index contributed by atoms with van der Waals surface area (Å²) in [5.41, 5.74) is -0.922. The molecule has 2 atom stereocenters. The van der Waals surface area contributed by atoms with Crippen LogP contribution < -0.4 is 10.6 Å². The Kier molecular flexibility index (Phi) is 6.02. The van der Waals surface area contributed by atoms with Gasteiger partial charge in [0.25, 0.3) is 0 Å². The number of rotatable bonds is 5. The van der Waals surface area contributed by atoms with E-state index in [1.165, 1.54) is 7.11 Å². The normalized spacial score (nSPS) is 22.5. The smallest absolute Gasteiger partial charge is 0.407 e. The van der Waals surface area contributed by atoms with Gasteiger partial charge in [0, 0.05) is 18.5 Å². The quantitative estimate of drug-likeness (QED) is 0.748. The van der Waals surface area contributed by atoms with Crippen LogP contribution in [0.15, 0.2) is 0 Å². The fraction of sp³-hybridized carbons (Fsp3) is 0.812. The third-order valence-electron chi connectivity index (χ3n) is 4.13. The van der Waals surface area contributed by atoms with Crippen LogP contribution in [-0.4, -0.2) is 43.3 Å². The highest BCUT2D eigenvalue weighted by Gasteiger charge is 2.52. The Balaban J connectivity index is 2.44. The molecule has 0 aromatic rings. The van der Waals surface area contributed by atoms with Crippen molar-refractivity contribution in [2.24, 2.45) is 11.3 Å². The van der Waals surface area contributed by atoms with Gasteiger partial charge < -0.3 is 20.1 Å². The largest absolute Gasteiger partial charge is 0.469 e. The summed E-state index contributed by atoms with van der Waals surface area (Å²) in [7, 11) is 1.31. The predicted molar refractivity (Wildman–Crippen MR) is 84.7 cm³/mol. The first-order valence-corrected chi connectivity index (χ1v) is 7.81. The Bertz CT molecular complexity index is 468. The zero-order valence-corrected chi connectivity index (χ0v) is 14.8. The van der Waals surface area contributed by atoms with E-state index in [2.05, 4.69) is 15.4 Å². The van der Waals surface area contributed by atoms with Crippen LogP contribution in [-0.2, 0) is 19.1 Å². The Labute approximate surface area is 137 Å². The van der Waals surface area contributed by atoms with Crippen LogP contribution in [0.1, 0.15) is 47.5 Å². The molecule has 0 radical (unpaired) electrons. The number of nitrogens with one attached hydrogen (secondary N) is 2. The molecule has 0 spiro atoms. The number of hydrogen-bond acceptors (Lipinski definition) is 5. The minimum Gasteiger partial charge on any atom is -0.469 e. The SMILES string of the molecule is COC(=O)CCNC(=O)C1CC(NC(=O)OC(C)(C)C)C1(C)C. The number of hydrogen-bond donors (Lipinski definition) is 2. The predicted octanol–water partition coefficient (Wildman–Crippen LogP) is 1.61. The van der Waals surface area contributed by atoms with E-state index < -0.39 is 11.7 Å². The number of carbonyl (C=O) groups excluding carboxylic acids is 3. The van der Waals surface area contributed by atoms with Crippen LogP contribution in [0.2, 0.25) is 0 Å². The fourth-order valence-corrected chi connectivity index (χ4v) is 2.58. The lowest BCUT2D eigenvalue weighted by Gasteiger charge is -2.51. The van der Waals surface area contributed by atoms with Gasteiger partial charge in [-0.15, -0.1) is 0 Å². The van der Waals surface area contributed by atoms with Crippen molar-refractivity contribution in [2.75, 3.05) is 13.7 Å². The molecule has 2 amide bonds. The molecule has 23 heavy (non-hydrogen) atoms. The summed E-state index contributed by atoms with van der Waals surface area (Å²) in [5, 5.41) is 5.55. The topological polar surface area (TPSA) is 93.7 Å². The van der Waals surface area contributed by atoms with Crippen molar-refractivity contribution in [3.05, 3.63) is 0 Å². The van der Waals surface area contributed by atoms with E-state index in [1.54, 1.807) is 20.8 Å². The molecule has 0 heterocycles. The summed E-state index contributed by atoms with van der Waals surface area (Å²) in [6.07, 6.45) is 0.228. The lowest BCUT2D eigenvalue weighted by molar-refractivity contribution is -0.141. The molecule has 0 aromatic heterocycles. The van der Waals surface area contributed by atoms with E-state index >= 15 is 0 Å².